The summed E-state index contributed by atoms with van der Waals surface area (Å²) >= 11 is 3.72. The number of amides is 1. The van der Waals surface area contributed by atoms with Crippen LogP contribution in [0.25, 0.3) is 226 Å². The number of benzene rings is 16. The minimum atomic E-state index is -2.44. The van der Waals surface area contributed by atoms with Gasteiger partial charge < -0.3 is 19.2 Å². The molecule has 3 heterocycles. The molecule has 91 heavy (non-hydrogen) atoms. The molecule has 0 radical (unpaired) electrons. The van der Waals surface area contributed by atoms with E-state index in [1.807, 2.05) is 86.6 Å². The maximum Gasteiger partial charge on any atom is 0.344 e. The fourth-order valence-electron chi connectivity index (χ4n) is 25.5. The molecule has 422 valence electrons. The lowest BCUT2D eigenvalue weighted by atomic mass is 9.52. The molecule has 7 aliphatic carbocycles. The predicted molar refractivity (Wildman–Crippen MR) is 351 cm³/mol. The van der Waals surface area contributed by atoms with Gasteiger partial charge in [0.25, 0.3) is 5.91 Å². The quantitative estimate of drug-likeness (QED) is 0.0296. The Bertz CT molecular complexity index is 7910. The Morgan fingerprint density at radius 1 is 0.385 bits per heavy atom. The number of carbonyl (C=O) groups excluding carboxylic acids is 1. The molecule has 2 aliphatic heterocycles. The van der Waals surface area contributed by atoms with Crippen molar-refractivity contribution < 1.29 is 48.0 Å². The van der Waals surface area contributed by atoms with Crippen LogP contribution in [0.5, 0.6) is 0 Å². The van der Waals surface area contributed by atoms with Crippen LogP contribution in [0.4, 0.5) is 5.69 Å². The van der Waals surface area contributed by atoms with Crippen LogP contribution in [0.3, 0.4) is 0 Å². The summed E-state index contributed by atoms with van der Waals surface area (Å²) in [4.78, 5) is 81.9. The highest BCUT2D eigenvalue weighted by atomic mass is 79.9. The zero-order chi connectivity index (χ0) is 58.7. The van der Waals surface area contributed by atoms with Crippen molar-refractivity contribution in [3.05, 3.63) is 94.8 Å². The average molecular weight is 1240 g/mol. The lowest BCUT2D eigenvalue weighted by Crippen LogP contribution is -2.69. The third kappa shape index (κ3) is 2.86. The molecule has 1 fully saturated rings. The third-order valence-electron chi connectivity index (χ3n) is 26.5. The number of hydrogen-bond donors (Lipinski definition) is 1. The van der Waals surface area contributed by atoms with Crippen LogP contribution in [-0.2, 0) is 66.0 Å². The summed E-state index contributed by atoms with van der Waals surface area (Å²) in [7, 11) is 0. The molecule has 0 bridgehead atoms. The van der Waals surface area contributed by atoms with Gasteiger partial charge in [-0.2, -0.15) is 0 Å². The van der Waals surface area contributed by atoms with E-state index in [-0.39, 0.29) is 0 Å². The largest absolute Gasteiger partial charge is 0.422 e. The zero-order valence-electron chi connectivity index (χ0n) is 49.2. The van der Waals surface area contributed by atoms with E-state index in [1.165, 1.54) is 135 Å². The van der Waals surface area contributed by atoms with Crippen LogP contribution in [0.2, 0.25) is 0 Å². The van der Waals surface area contributed by atoms with Gasteiger partial charge in [-0.25, -0.2) is 34.1 Å². The van der Waals surface area contributed by atoms with E-state index in [2.05, 4.69) is 21.2 Å². The van der Waals surface area contributed by atoms with Gasteiger partial charge >= 0.3 is 5.63 Å². The number of fused-ring (bicyclic) bond motifs is 4. The average Bonchev–Trinajstić information content (AvgIpc) is 1.47. The molecule has 1 aromatic heterocycles. The van der Waals surface area contributed by atoms with E-state index in [4.69, 9.17) is 43.2 Å². The molecule has 1 amide bonds. The number of ether oxygens (including phenoxy) is 2. The van der Waals surface area contributed by atoms with Gasteiger partial charge in [-0.1, -0.05) is 15.9 Å². The predicted octanol–water partition coefficient (Wildman–Crippen LogP) is 17.9. The van der Waals surface area contributed by atoms with E-state index in [0.717, 1.165) is 119 Å². The van der Waals surface area contributed by atoms with Gasteiger partial charge in [0, 0.05) is 120 Å². The normalized spacial score (nSPS) is 27.9. The Balaban J connectivity index is 1.03. The van der Waals surface area contributed by atoms with Gasteiger partial charge in [0.05, 0.1) is 22.2 Å². The van der Waals surface area contributed by atoms with E-state index < -0.39 is 62.1 Å². The highest BCUT2D eigenvalue weighted by Gasteiger charge is 2.97. The van der Waals surface area contributed by atoms with Crippen molar-refractivity contribution in [3.8, 4) is 0 Å². The number of nitrogens with one attached hydrogen (secondary N) is 1. The summed E-state index contributed by atoms with van der Waals surface area (Å²) < 4.78 is 25.9. The van der Waals surface area contributed by atoms with Crippen molar-refractivity contribution in [1.82, 2.24) is 0 Å². The van der Waals surface area contributed by atoms with Gasteiger partial charge in [0.1, 0.15) is 5.58 Å². The Hall–Kier alpha value is -8.44. The first-order valence-electron chi connectivity index (χ1n) is 32.1. The van der Waals surface area contributed by atoms with Crippen LogP contribution < -0.4 is 10.9 Å². The second kappa shape index (κ2) is 10.2. The monoisotopic (exact) mass is 1240 g/mol. The zero-order valence-corrected chi connectivity index (χ0v) is 50.8. The smallest absolute Gasteiger partial charge is 0.344 e. The number of epoxide rings is 1. The molecule has 9 aliphatic rings. The van der Waals surface area contributed by atoms with Crippen molar-refractivity contribution in [2.75, 3.05) is 5.32 Å². The van der Waals surface area contributed by atoms with Crippen molar-refractivity contribution in [3.63, 3.8) is 0 Å². The molecule has 6 atom stereocenters. The highest BCUT2D eigenvalue weighted by molar-refractivity contribution is 9.10. The van der Waals surface area contributed by atoms with Crippen molar-refractivity contribution >= 4 is 254 Å². The van der Waals surface area contributed by atoms with Crippen LogP contribution in [0.1, 0.15) is 107 Å². The maximum absolute atomic E-state index is 18.6. The van der Waals surface area contributed by atoms with Crippen LogP contribution in [0, 0.1) is 0 Å². The van der Waals surface area contributed by atoms with E-state index >= 15 is 9.59 Å². The highest BCUT2D eigenvalue weighted by Crippen LogP contribution is 2.92. The molecule has 1 N–H and O–H groups in total. The van der Waals surface area contributed by atoms with Crippen LogP contribution in [-0.4, -0.2) is 34.1 Å². The summed E-state index contributed by atoms with van der Waals surface area (Å²) in [6.45, 7) is 18.1. The first-order chi connectivity index (χ1) is 43.8. The number of carbonyl (C=O) groups is 1. The molecule has 12 nitrogen and oxygen atoms in total. The molecule has 22 aromatic carbocycles. The van der Waals surface area contributed by atoms with Crippen LogP contribution >= 0.6 is 15.9 Å². The molecule has 2 spiro atoms. The van der Waals surface area contributed by atoms with Gasteiger partial charge in [0.2, 0.25) is 17.0 Å². The maximum atomic E-state index is 18.6. The molecule has 1 saturated heterocycles. The lowest BCUT2D eigenvalue weighted by molar-refractivity contribution is -0.430. The molecule has 0 unspecified atom stereocenters. The van der Waals surface area contributed by atoms with Gasteiger partial charge in [0.15, 0.2) is 16.8 Å². The second-order valence-corrected chi connectivity index (χ2v) is 33.8. The Morgan fingerprint density at radius 2 is 0.725 bits per heavy atom. The Labute approximate surface area is 512 Å². The number of hydrogen-bond acceptors (Lipinski definition) is 11. The second-order valence-electron chi connectivity index (χ2n) is 32.9. The summed E-state index contributed by atoms with van der Waals surface area (Å²) in [5, 5.41) is 51.5. The van der Waals surface area contributed by atoms with E-state index in [1.54, 1.807) is 0 Å². The summed E-state index contributed by atoms with van der Waals surface area (Å²) in [5.41, 5.74) is -4.94. The third-order valence-corrected chi connectivity index (χ3v) is 27.0. The standard InChI is InChI=1S/C78H32BrNO11/c1-70(2,3)86-89-73-58-48-38-28-22-18-17-16-20-19(18)24-31(28)41-43-33(24)34-25(20)35-26-21(16)27-32-23(17)30-29(22)39(38)49-51-40(30)42(32)52-47-37(27)36(26)46-55-45(35)44(34)54-53(43)62(60(73)50(41)48)75(91-88-72(7,8)9)64(54)65(55)83-68(81)56(46)57(47)76-63(52)61(51)74(59(49)58,90-87-71(4,5)6)67-66(73)77(75,85-78(67,76)84-76)69(82)80-15-12-10-14(79)11-13-15/h10-13H,1-9H3,(H,80,82)/t73-,74+,75-,76-,77-,78-/m1/s1. The Kier molecular flexibility index (Phi) is 4.78. The molecular weight excluding hydrogens is 1210 g/mol. The molecule has 23 aromatic rings. The molecule has 32 rings (SSSR count). The minimum absolute atomic E-state index is 0.358. The number of anilines is 1. The fourth-order valence-corrected chi connectivity index (χ4v) is 25.8. The SMILES string of the molecule is CC(C)(C)OO[C@]12C3=C4[C@]5(OOC(C)(C)C)c6c1c1c7c2c2c8c9c%10c%11oc(=O)c%12c%13c%14c%15c(c5c5c6c6c1c1c%16c7c8c7c8c9c9c%11c%12c%11c%14c%12c%14c%15c5c5c6c1c1c(c%167)c6c8c9c%11c%12c6c1c5%14)[C@]%131O[C@@]41O[C@]3(C(=O)Nc1ccc(Br)cc1)[C@@]2%10OOC(C)(C)C. The fraction of sp³-hybridized carbons (Fsp3) is 0.231. The topological polar surface area (TPSA) is 136 Å². The molecular formula is C78H32BrNO11. The molecule has 13 heteroatoms. The summed E-state index contributed by atoms with van der Waals surface area (Å²) in [5.74, 6) is -2.53. The molecule has 0 saturated carbocycles. The first kappa shape index (κ1) is 42.6. The van der Waals surface area contributed by atoms with E-state index in [0.29, 0.717) is 38.9 Å². The van der Waals surface area contributed by atoms with Crippen molar-refractivity contribution in [1.29, 1.82) is 0 Å². The van der Waals surface area contributed by atoms with Crippen molar-refractivity contribution in [2.45, 2.75) is 113 Å². The van der Waals surface area contributed by atoms with Crippen molar-refractivity contribution in [2.24, 2.45) is 0 Å². The summed E-state index contributed by atoms with van der Waals surface area (Å²) in [6, 6.07) is 7.66. The minimum Gasteiger partial charge on any atom is -0.422 e. The lowest BCUT2D eigenvalue weighted by Gasteiger charge is -2.56. The van der Waals surface area contributed by atoms with Crippen LogP contribution in [0.15, 0.2) is 49.1 Å². The first-order valence-corrected chi connectivity index (χ1v) is 32.9. The van der Waals surface area contributed by atoms with Gasteiger partial charge in [-0.05, 0) is 248 Å². The van der Waals surface area contributed by atoms with E-state index in [9.17, 15) is 0 Å². The van der Waals surface area contributed by atoms with Gasteiger partial charge in [-0.15, -0.1) is 0 Å². The summed E-state index contributed by atoms with van der Waals surface area (Å²) in [6.07, 6.45) is 0. The Morgan fingerprint density at radius 3 is 1.18 bits per heavy atom. The van der Waals surface area contributed by atoms with Gasteiger partial charge in [-0.3, -0.25) is 4.79 Å². The number of halogens is 1. The number of rotatable bonds is 8.